The number of thioether (sulfide) groups is 1. The number of rotatable bonds is 6. The summed E-state index contributed by atoms with van der Waals surface area (Å²) in [5.41, 5.74) is 4.53. The molecule has 0 saturated carbocycles. The molecule has 1 amide bonds. The number of aryl methyl sites for hydroxylation is 1. The molecule has 0 unspecified atom stereocenters. The molecule has 0 saturated heterocycles. The summed E-state index contributed by atoms with van der Waals surface area (Å²) in [6.45, 7) is 4.49. The number of nitrogens with zero attached hydrogens (tertiary/aromatic N) is 2. The number of carbonyl (C=O) groups excluding carboxylic acids is 1. The van der Waals surface area contributed by atoms with Gasteiger partial charge in [0, 0.05) is 6.54 Å². The number of thiophene rings is 1. The Morgan fingerprint density at radius 2 is 1.90 bits per heavy atom. The summed E-state index contributed by atoms with van der Waals surface area (Å²) in [5, 5.41) is 5.31. The van der Waals surface area contributed by atoms with E-state index in [0.29, 0.717) is 21.9 Å². The standard InChI is InChI=1S/C23H21N3O2S2/c1-15-7-6-10-19(16(15)2)26-22(28)21-18(11-12-29-21)25-23(26)30-14-20(27)24-13-17-8-4-3-5-9-17/h3-12H,13-14H2,1-2H3,(H,24,27). The van der Waals surface area contributed by atoms with Crippen molar-refractivity contribution in [3.8, 4) is 5.69 Å². The van der Waals surface area contributed by atoms with Crippen molar-refractivity contribution in [3.05, 3.63) is 87.0 Å². The highest BCUT2D eigenvalue weighted by Crippen LogP contribution is 2.26. The Morgan fingerprint density at radius 3 is 2.70 bits per heavy atom. The number of aromatic nitrogens is 2. The van der Waals surface area contributed by atoms with Crippen LogP contribution in [0.25, 0.3) is 15.9 Å². The number of amides is 1. The van der Waals surface area contributed by atoms with Gasteiger partial charge in [0.1, 0.15) is 4.70 Å². The van der Waals surface area contributed by atoms with Crippen LogP contribution in [0.5, 0.6) is 0 Å². The highest BCUT2D eigenvalue weighted by atomic mass is 32.2. The molecule has 4 rings (SSSR count). The first kappa shape index (κ1) is 20.4. The van der Waals surface area contributed by atoms with E-state index in [4.69, 9.17) is 0 Å². The average molecular weight is 436 g/mol. The molecular weight excluding hydrogens is 414 g/mol. The van der Waals surface area contributed by atoms with Gasteiger partial charge in [-0.2, -0.15) is 0 Å². The molecular formula is C23H21N3O2S2. The van der Waals surface area contributed by atoms with Crippen molar-refractivity contribution >= 4 is 39.2 Å². The van der Waals surface area contributed by atoms with E-state index in [0.717, 1.165) is 22.4 Å². The number of carbonyl (C=O) groups is 1. The Kier molecular flexibility index (Phi) is 6.01. The Labute approximate surface area is 182 Å². The number of benzene rings is 2. The Balaban J connectivity index is 1.62. The maximum Gasteiger partial charge on any atom is 0.276 e. The van der Waals surface area contributed by atoms with E-state index in [2.05, 4.69) is 10.3 Å². The van der Waals surface area contributed by atoms with E-state index in [-0.39, 0.29) is 17.2 Å². The zero-order chi connectivity index (χ0) is 21.1. The molecule has 0 aliphatic carbocycles. The molecule has 5 nitrogen and oxygen atoms in total. The molecule has 0 bridgehead atoms. The zero-order valence-electron chi connectivity index (χ0n) is 16.7. The fourth-order valence-corrected chi connectivity index (χ4v) is 4.75. The van der Waals surface area contributed by atoms with Gasteiger partial charge in [-0.25, -0.2) is 4.98 Å². The molecule has 0 fully saturated rings. The summed E-state index contributed by atoms with van der Waals surface area (Å²) in [4.78, 5) is 30.4. The molecule has 152 valence electrons. The lowest BCUT2D eigenvalue weighted by atomic mass is 10.1. The predicted molar refractivity (Wildman–Crippen MR) is 124 cm³/mol. The fraction of sp³-hybridized carbons (Fsp3) is 0.174. The molecule has 4 aromatic rings. The first-order valence-corrected chi connectivity index (χ1v) is 11.4. The van der Waals surface area contributed by atoms with Gasteiger partial charge in [0.25, 0.3) is 5.56 Å². The molecule has 0 radical (unpaired) electrons. The van der Waals surface area contributed by atoms with Crippen LogP contribution in [-0.4, -0.2) is 21.2 Å². The lowest BCUT2D eigenvalue weighted by Gasteiger charge is -2.15. The smallest absolute Gasteiger partial charge is 0.276 e. The molecule has 2 heterocycles. The van der Waals surface area contributed by atoms with Crippen molar-refractivity contribution in [2.75, 3.05) is 5.75 Å². The maximum atomic E-state index is 13.2. The van der Waals surface area contributed by atoms with Crippen LogP contribution in [0.2, 0.25) is 0 Å². The third-order valence-corrected chi connectivity index (χ3v) is 6.76. The van der Waals surface area contributed by atoms with E-state index < -0.39 is 0 Å². The minimum absolute atomic E-state index is 0.101. The van der Waals surface area contributed by atoms with Crippen LogP contribution >= 0.6 is 23.1 Å². The van der Waals surface area contributed by atoms with Crippen LogP contribution in [0.3, 0.4) is 0 Å². The van der Waals surface area contributed by atoms with Crippen LogP contribution in [0, 0.1) is 13.8 Å². The molecule has 2 aromatic carbocycles. The van der Waals surface area contributed by atoms with Gasteiger partial charge in [-0.3, -0.25) is 14.2 Å². The monoisotopic (exact) mass is 435 g/mol. The van der Waals surface area contributed by atoms with Crippen LogP contribution in [0.4, 0.5) is 0 Å². The summed E-state index contributed by atoms with van der Waals surface area (Å²) in [7, 11) is 0. The number of nitrogens with one attached hydrogen (secondary N) is 1. The molecule has 7 heteroatoms. The van der Waals surface area contributed by atoms with E-state index in [1.54, 1.807) is 4.57 Å². The van der Waals surface area contributed by atoms with Crippen molar-refractivity contribution in [2.45, 2.75) is 25.5 Å². The van der Waals surface area contributed by atoms with E-state index in [9.17, 15) is 9.59 Å². The lowest BCUT2D eigenvalue weighted by Crippen LogP contribution is -2.26. The summed E-state index contributed by atoms with van der Waals surface area (Å²) < 4.78 is 2.25. The molecule has 1 N–H and O–H groups in total. The summed E-state index contributed by atoms with van der Waals surface area (Å²) in [6, 6.07) is 17.5. The van der Waals surface area contributed by atoms with E-state index in [1.807, 2.05) is 73.8 Å². The molecule has 2 aromatic heterocycles. The highest BCUT2D eigenvalue weighted by Gasteiger charge is 2.17. The van der Waals surface area contributed by atoms with Crippen molar-refractivity contribution in [1.29, 1.82) is 0 Å². The summed E-state index contributed by atoms with van der Waals surface area (Å²) in [6.07, 6.45) is 0. The van der Waals surface area contributed by atoms with Crippen molar-refractivity contribution in [3.63, 3.8) is 0 Å². The first-order chi connectivity index (χ1) is 14.5. The topological polar surface area (TPSA) is 64.0 Å². The quantitative estimate of drug-likeness (QED) is 0.358. The van der Waals surface area contributed by atoms with Gasteiger partial charge in [0.05, 0.1) is 17.0 Å². The Bertz CT molecular complexity index is 1260. The number of hydrogen-bond donors (Lipinski definition) is 1. The van der Waals surface area contributed by atoms with E-state index in [1.165, 1.54) is 23.1 Å². The van der Waals surface area contributed by atoms with Gasteiger partial charge >= 0.3 is 0 Å². The van der Waals surface area contributed by atoms with Crippen molar-refractivity contribution in [2.24, 2.45) is 0 Å². The van der Waals surface area contributed by atoms with Gasteiger partial charge < -0.3 is 5.32 Å². The van der Waals surface area contributed by atoms with Gasteiger partial charge in [0.15, 0.2) is 5.16 Å². The molecule has 30 heavy (non-hydrogen) atoms. The minimum Gasteiger partial charge on any atom is -0.351 e. The summed E-state index contributed by atoms with van der Waals surface area (Å²) >= 11 is 2.66. The highest BCUT2D eigenvalue weighted by molar-refractivity contribution is 7.99. The number of hydrogen-bond acceptors (Lipinski definition) is 5. The normalized spacial score (nSPS) is 11.0. The van der Waals surface area contributed by atoms with Crippen LogP contribution in [-0.2, 0) is 11.3 Å². The fourth-order valence-electron chi connectivity index (χ4n) is 3.16. The lowest BCUT2D eigenvalue weighted by molar-refractivity contribution is -0.118. The largest absolute Gasteiger partial charge is 0.351 e. The SMILES string of the molecule is Cc1cccc(-n2c(SCC(=O)NCc3ccccc3)nc3ccsc3c2=O)c1C. The van der Waals surface area contributed by atoms with Crippen molar-refractivity contribution in [1.82, 2.24) is 14.9 Å². The third kappa shape index (κ3) is 4.17. The second-order valence-corrected chi connectivity index (χ2v) is 8.80. The average Bonchev–Trinajstić information content (AvgIpc) is 3.23. The first-order valence-electron chi connectivity index (χ1n) is 9.55. The third-order valence-electron chi connectivity index (χ3n) is 4.93. The Hall–Kier alpha value is -2.90. The van der Waals surface area contributed by atoms with E-state index >= 15 is 0 Å². The van der Waals surface area contributed by atoms with Gasteiger partial charge in [0.2, 0.25) is 5.91 Å². The molecule has 0 aliphatic heterocycles. The molecule has 0 aliphatic rings. The zero-order valence-corrected chi connectivity index (χ0v) is 18.3. The predicted octanol–water partition coefficient (Wildman–Crippen LogP) is 4.47. The Morgan fingerprint density at radius 1 is 1.10 bits per heavy atom. The van der Waals surface area contributed by atoms with Crippen LogP contribution in [0.15, 0.2) is 69.9 Å². The maximum absolute atomic E-state index is 13.2. The second-order valence-electron chi connectivity index (χ2n) is 6.94. The van der Waals surface area contributed by atoms with Crippen LogP contribution in [0.1, 0.15) is 16.7 Å². The second kappa shape index (κ2) is 8.85. The van der Waals surface area contributed by atoms with Crippen LogP contribution < -0.4 is 10.9 Å². The van der Waals surface area contributed by atoms with Gasteiger partial charge in [-0.1, -0.05) is 54.2 Å². The minimum atomic E-state index is -0.101. The number of fused-ring (bicyclic) bond motifs is 1. The van der Waals surface area contributed by atoms with Crippen molar-refractivity contribution < 1.29 is 4.79 Å². The molecule has 0 spiro atoms. The summed E-state index contributed by atoms with van der Waals surface area (Å²) in [5.74, 6) is 0.0794. The van der Waals surface area contributed by atoms with Gasteiger partial charge in [-0.05, 0) is 48.1 Å². The van der Waals surface area contributed by atoms with Gasteiger partial charge in [-0.15, -0.1) is 11.3 Å². The molecule has 0 atom stereocenters.